The highest BCUT2D eigenvalue weighted by Gasteiger charge is 2.37. The average molecular weight is 450 g/mol. The van der Waals surface area contributed by atoms with Crippen molar-refractivity contribution in [2.24, 2.45) is 0 Å². The molecule has 6 nitrogen and oxygen atoms in total. The number of hydrogen-bond acceptors (Lipinski definition) is 5. The largest absolute Gasteiger partial charge is 0.494 e. The second-order valence-corrected chi connectivity index (χ2v) is 9.69. The van der Waals surface area contributed by atoms with Crippen LogP contribution in [0, 0.1) is 0 Å². The highest BCUT2D eigenvalue weighted by Crippen LogP contribution is 2.47. The van der Waals surface area contributed by atoms with E-state index in [1.165, 1.54) is 25.3 Å². The van der Waals surface area contributed by atoms with Gasteiger partial charge >= 0.3 is 0 Å². The predicted molar refractivity (Wildman–Crippen MR) is 128 cm³/mol. The number of nitrogens with one attached hydrogen (secondary N) is 1. The molecule has 174 valence electrons. The Morgan fingerprint density at radius 3 is 2.15 bits per heavy atom. The fourth-order valence-electron chi connectivity index (χ4n) is 4.39. The Balaban J connectivity index is 1.54. The zero-order chi connectivity index (χ0) is 23.8. The van der Waals surface area contributed by atoms with Crippen molar-refractivity contribution in [2.45, 2.75) is 51.4 Å². The van der Waals surface area contributed by atoms with Crippen LogP contribution in [0.1, 0.15) is 62.2 Å². The van der Waals surface area contributed by atoms with E-state index in [0.717, 1.165) is 12.8 Å². The molecule has 1 aliphatic rings. The molecule has 33 heavy (non-hydrogen) atoms. The number of fused-ring (bicyclic) bond motifs is 1. The Morgan fingerprint density at radius 1 is 0.879 bits per heavy atom. The van der Waals surface area contributed by atoms with Gasteiger partial charge in [-0.3, -0.25) is 4.79 Å². The molecular weight excluding hydrogens is 418 g/mol. The third-order valence-corrected chi connectivity index (χ3v) is 6.51. The van der Waals surface area contributed by atoms with Gasteiger partial charge in [-0.05, 0) is 65.1 Å². The van der Waals surface area contributed by atoms with Crippen LogP contribution < -0.4 is 19.5 Å². The number of hydrogen-bond donors (Lipinski definition) is 1. The molecular formula is C27H31NO5. The summed E-state index contributed by atoms with van der Waals surface area (Å²) in [6, 6.07) is 14.7. The molecule has 0 spiro atoms. The molecule has 0 saturated heterocycles. The Hall–Kier alpha value is -3.41. The lowest BCUT2D eigenvalue weighted by Crippen LogP contribution is -2.33. The third-order valence-electron chi connectivity index (χ3n) is 6.51. The molecule has 0 radical (unpaired) electrons. The van der Waals surface area contributed by atoms with Gasteiger partial charge in [-0.25, -0.2) is 0 Å². The number of carbonyl (C=O) groups is 1. The van der Waals surface area contributed by atoms with E-state index in [4.69, 9.17) is 18.6 Å². The standard InChI is InChI=1S/C27H31NO5/c1-26(2)14-15-27(3,4)19-16-17(10-11-18(19)26)32-23-13-12-22(33-23)25(29)28-24-20(30-5)8-7-9-21(24)31-6/h7-13,16H,14-15H2,1-6H3,(H,28,29). The first-order chi connectivity index (χ1) is 15.6. The molecule has 0 bridgehead atoms. The molecule has 1 amide bonds. The monoisotopic (exact) mass is 449 g/mol. The molecule has 0 saturated carbocycles. The van der Waals surface area contributed by atoms with Crippen LogP contribution in [0.15, 0.2) is 52.9 Å². The summed E-state index contributed by atoms with van der Waals surface area (Å²) < 4.78 is 22.3. The van der Waals surface area contributed by atoms with Crippen molar-refractivity contribution in [1.82, 2.24) is 0 Å². The molecule has 0 aliphatic heterocycles. The van der Waals surface area contributed by atoms with Crippen molar-refractivity contribution >= 4 is 11.6 Å². The van der Waals surface area contributed by atoms with Crippen molar-refractivity contribution in [2.75, 3.05) is 19.5 Å². The molecule has 0 unspecified atom stereocenters. The lowest BCUT2D eigenvalue weighted by Gasteiger charge is -2.41. The van der Waals surface area contributed by atoms with Gasteiger partial charge < -0.3 is 23.9 Å². The smallest absolute Gasteiger partial charge is 0.291 e. The summed E-state index contributed by atoms with van der Waals surface area (Å²) in [6.45, 7) is 9.12. The third kappa shape index (κ3) is 4.42. The van der Waals surface area contributed by atoms with Gasteiger partial charge in [0, 0.05) is 6.07 Å². The van der Waals surface area contributed by atoms with E-state index in [1.807, 2.05) is 6.07 Å². The summed E-state index contributed by atoms with van der Waals surface area (Å²) in [5.74, 6) is 1.61. The van der Waals surface area contributed by atoms with Crippen LogP contribution in [0.5, 0.6) is 23.2 Å². The number of rotatable bonds is 6. The average Bonchev–Trinajstić information content (AvgIpc) is 3.25. The summed E-state index contributed by atoms with van der Waals surface area (Å²) in [6.07, 6.45) is 2.27. The Kier molecular flexibility index (Phi) is 5.87. The summed E-state index contributed by atoms with van der Waals surface area (Å²) >= 11 is 0. The molecule has 4 rings (SSSR count). The number of carbonyl (C=O) groups excluding carboxylic acids is 1. The van der Waals surface area contributed by atoms with Gasteiger partial charge in [0.25, 0.3) is 11.9 Å². The Morgan fingerprint density at radius 2 is 1.52 bits per heavy atom. The van der Waals surface area contributed by atoms with Crippen LogP contribution in [0.2, 0.25) is 0 Å². The Labute approximate surface area is 194 Å². The maximum Gasteiger partial charge on any atom is 0.291 e. The number of para-hydroxylation sites is 1. The molecule has 0 atom stereocenters. The fourth-order valence-corrected chi connectivity index (χ4v) is 4.39. The van der Waals surface area contributed by atoms with E-state index < -0.39 is 5.91 Å². The highest BCUT2D eigenvalue weighted by atomic mass is 16.6. The van der Waals surface area contributed by atoms with Crippen molar-refractivity contribution in [3.8, 4) is 23.2 Å². The zero-order valence-electron chi connectivity index (χ0n) is 20.1. The van der Waals surface area contributed by atoms with E-state index in [0.29, 0.717) is 22.9 Å². The zero-order valence-corrected chi connectivity index (χ0v) is 20.1. The lowest BCUT2D eigenvalue weighted by atomic mass is 9.63. The number of amides is 1. The highest BCUT2D eigenvalue weighted by molar-refractivity contribution is 6.04. The summed E-state index contributed by atoms with van der Waals surface area (Å²) in [5.41, 5.74) is 3.30. The lowest BCUT2D eigenvalue weighted by molar-refractivity contribution is 0.0991. The second kappa shape index (κ2) is 8.50. The molecule has 2 aromatic carbocycles. The maximum atomic E-state index is 12.8. The van der Waals surface area contributed by atoms with E-state index in [1.54, 1.807) is 30.3 Å². The quantitative estimate of drug-likeness (QED) is 0.454. The van der Waals surface area contributed by atoms with Crippen LogP contribution in [-0.4, -0.2) is 20.1 Å². The van der Waals surface area contributed by atoms with Gasteiger partial charge in [-0.15, -0.1) is 0 Å². The predicted octanol–water partition coefficient (Wildman–Crippen LogP) is 6.69. The Bertz CT molecular complexity index is 1150. The molecule has 1 aliphatic carbocycles. The number of benzene rings is 2. The number of furan rings is 1. The van der Waals surface area contributed by atoms with E-state index in [9.17, 15) is 4.79 Å². The minimum atomic E-state index is -0.430. The van der Waals surface area contributed by atoms with Gasteiger partial charge in [-0.1, -0.05) is 39.8 Å². The first-order valence-corrected chi connectivity index (χ1v) is 11.1. The summed E-state index contributed by atoms with van der Waals surface area (Å²) in [7, 11) is 3.06. The maximum absolute atomic E-state index is 12.8. The fraction of sp³-hybridized carbons (Fsp3) is 0.370. The van der Waals surface area contributed by atoms with E-state index in [2.05, 4.69) is 45.1 Å². The van der Waals surface area contributed by atoms with Gasteiger partial charge in [0.1, 0.15) is 22.9 Å². The first-order valence-electron chi connectivity index (χ1n) is 11.1. The van der Waals surface area contributed by atoms with E-state index in [-0.39, 0.29) is 22.5 Å². The van der Waals surface area contributed by atoms with Crippen LogP contribution in [0.25, 0.3) is 0 Å². The van der Waals surface area contributed by atoms with Gasteiger partial charge in [0.15, 0.2) is 5.76 Å². The molecule has 1 aromatic heterocycles. The van der Waals surface area contributed by atoms with Gasteiger partial charge in [0.05, 0.1) is 14.2 Å². The summed E-state index contributed by atoms with van der Waals surface area (Å²) in [4.78, 5) is 12.8. The molecule has 0 fully saturated rings. The van der Waals surface area contributed by atoms with Crippen LogP contribution in [-0.2, 0) is 10.8 Å². The summed E-state index contributed by atoms with van der Waals surface area (Å²) in [5, 5.41) is 2.80. The normalized spacial score (nSPS) is 15.9. The van der Waals surface area contributed by atoms with E-state index >= 15 is 0 Å². The molecule has 6 heteroatoms. The topological polar surface area (TPSA) is 69.9 Å². The van der Waals surface area contributed by atoms with Crippen LogP contribution in [0.4, 0.5) is 5.69 Å². The SMILES string of the molecule is COc1cccc(OC)c1NC(=O)c1ccc(Oc2ccc3c(c2)C(C)(C)CCC3(C)C)o1. The van der Waals surface area contributed by atoms with Crippen LogP contribution >= 0.6 is 0 Å². The molecule has 3 aromatic rings. The number of ether oxygens (including phenoxy) is 3. The molecule has 1 N–H and O–H groups in total. The number of anilines is 1. The minimum absolute atomic E-state index is 0.0756. The van der Waals surface area contributed by atoms with Gasteiger partial charge in [-0.2, -0.15) is 0 Å². The van der Waals surface area contributed by atoms with Crippen molar-refractivity contribution < 1.29 is 23.4 Å². The van der Waals surface area contributed by atoms with Crippen molar-refractivity contribution in [3.63, 3.8) is 0 Å². The van der Waals surface area contributed by atoms with Crippen LogP contribution in [0.3, 0.4) is 0 Å². The second-order valence-electron chi connectivity index (χ2n) is 9.69. The van der Waals surface area contributed by atoms with Crippen molar-refractivity contribution in [1.29, 1.82) is 0 Å². The van der Waals surface area contributed by atoms with Gasteiger partial charge in [0.2, 0.25) is 0 Å². The molecule has 1 heterocycles. The number of methoxy groups -OCH3 is 2. The van der Waals surface area contributed by atoms with Crippen molar-refractivity contribution in [3.05, 3.63) is 65.4 Å². The minimum Gasteiger partial charge on any atom is -0.494 e. The first kappa shape index (κ1) is 22.8.